The van der Waals surface area contributed by atoms with Gasteiger partial charge in [0.05, 0.1) is 13.0 Å². The predicted octanol–water partition coefficient (Wildman–Crippen LogP) is -3.69. The first kappa shape index (κ1) is 23.1. The van der Waals surface area contributed by atoms with Crippen LogP contribution in [0.1, 0.15) is 6.42 Å². The summed E-state index contributed by atoms with van der Waals surface area (Å²) in [7, 11) is 0. The summed E-state index contributed by atoms with van der Waals surface area (Å²) in [5.41, 5.74) is -3.65. The lowest BCUT2D eigenvalue weighted by atomic mass is 9.92. The van der Waals surface area contributed by atoms with Gasteiger partial charge in [0, 0.05) is 0 Å². The molecule has 0 aliphatic rings. The van der Waals surface area contributed by atoms with Crippen molar-refractivity contribution in [3.05, 3.63) is 11.5 Å². The van der Waals surface area contributed by atoms with Gasteiger partial charge in [0.2, 0.25) is 17.5 Å². The molecule has 0 radical (unpaired) electrons. The molecule has 26 heavy (non-hydrogen) atoms. The largest absolute Gasteiger partial charge is 0.506 e. The van der Waals surface area contributed by atoms with Crippen LogP contribution in [0.4, 0.5) is 0 Å². The van der Waals surface area contributed by atoms with Crippen molar-refractivity contribution >= 4 is 23.9 Å². The highest BCUT2D eigenvalue weighted by Gasteiger charge is 2.53. The summed E-state index contributed by atoms with van der Waals surface area (Å²) in [5.74, 6) is -12.4. The molecule has 0 aromatic rings. The number of hydrogen-bond acceptors (Lipinski definition) is 11. The highest BCUT2D eigenvalue weighted by molar-refractivity contribution is 5.94. The highest BCUT2D eigenvalue weighted by Crippen LogP contribution is 2.22. The number of aliphatic carboxylic acids is 3. The Bertz CT molecular complexity index is 609. The number of hydrogen-bond donors (Lipinski definition) is 9. The lowest BCUT2D eigenvalue weighted by molar-refractivity contribution is -0.197. The fourth-order valence-electron chi connectivity index (χ4n) is 1.55. The van der Waals surface area contributed by atoms with Crippen LogP contribution in [-0.4, -0.2) is 100 Å². The molecule has 0 saturated heterocycles. The third kappa shape index (κ3) is 5.28. The Balaban J connectivity index is 5.76. The molecule has 4 atom stereocenters. The van der Waals surface area contributed by atoms with Crippen molar-refractivity contribution in [3.8, 4) is 0 Å². The number of ether oxygens (including phenoxy) is 1. The third-order valence-electron chi connectivity index (χ3n) is 2.94. The molecule has 0 aromatic carbocycles. The zero-order valence-electron chi connectivity index (χ0n) is 12.7. The van der Waals surface area contributed by atoms with Crippen LogP contribution in [0, 0.1) is 0 Å². The van der Waals surface area contributed by atoms with Gasteiger partial charge in [-0.15, -0.1) is 0 Å². The Kier molecular flexibility index (Phi) is 7.94. The maximum atomic E-state index is 11.6. The van der Waals surface area contributed by atoms with Crippen molar-refractivity contribution in [2.45, 2.75) is 30.3 Å². The molecule has 0 aliphatic carbocycles. The molecular formula is C12H16O14. The molecule has 0 fully saturated rings. The Morgan fingerprint density at radius 2 is 1.46 bits per heavy atom. The summed E-state index contributed by atoms with van der Waals surface area (Å²) in [6, 6.07) is 0. The van der Waals surface area contributed by atoms with Crippen LogP contribution in [0.5, 0.6) is 0 Å². The number of esters is 1. The minimum atomic E-state index is -3.65. The first-order chi connectivity index (χ1) is 11.8. The van der Waals surface area contributed by atoms with Crippen molar-refractivity contribution in [1.29, 1.82) is 0 Å². The van der Waals surface area contributed by atoms with Crippen molar-refractivity contribution < 1.29 is 69.9 Å². The second kappa shape index (κ2) is 8.95. The van der Waals surface area contributed by atoms with Crippen molar-refractivity contribution in [2.24, 2.45) is 0 Å². The topological polar surface area (TPSA) is 260 Å². The molecule has 9 N–H and O–H groups in total. The summed E-state index contributed by atoms with van der Waals surface area (Å²) in [6.45, 7) is -1.12. The number of aliphatic hydroxyl groups is 6. The molecule has 0 rings (SSSR count). The van der Waals surface area contributed by atoms with Gasteiger partial charge in [-0.05, 0) is 0 Å². The van der Waals surface area contributed by atoms with E-state index in [0.29, 0.717) is 0 Å². The molecule has 0 bridgehead atoms. The normalized spacial score (nSPS) is 17.8. The number of aliphatic hydroxyl groups excluding tert-OH is 5. The van der Waals surface area contributed by atoms with Gasteiger partial charge in [-0.1, -0.05) is 0 Å². The molecule has 0 aromatic heterocycles. The van der Waals surface area contributed by atoms with E-state index in [4.69, 9.17) is 25.5 Å². The fraction of sp³-hybridized carbons (Fsp3) is 0.500. The third-order valence-corrected chi connectivity index (χ3v) is 2.94. The van der Waals surface area contributed by atoms with E-state index in [0.717, 1.165) is 0 Å². The van der Waals surface area contributed by atoms with Gasteiger partial charge in [0.15, 0.2) is 5.76 Å². The van der Waals surface area contributed by atoms with Crippen LogP contribution < -0.4 is 0 Å². The lowest BCUT2D eigenvalue weighted by Crippen LogP contribution is -2.56. The molecule has 0 heterocycles. The summed E-state index contributed by atoms with van der Waals surface area (Å²) in [4.78, 5) is 44.3. The second-order valence-corrected chi connectivity index (χ2v) is 4.85. The number of carbonyl (C=O) groups is 4. The summed E-state index contributed by atoms with van der Waals surface area (Å²) in [6.07, 6.45) is -9.23. The summed E-state index contributed by atoms with van der Waals surface area (Å²) in [5, 5.41) is 81.8. The van der Waals surface area contributed by atoms with E-state index in [1.165, 1.54) is 0 Å². The molecule has 148 valence electrons. The first-order valence-electron chi connectivity index (χ1n) is 6.50. The SMILES string of the molecule is O=C(O)C[C@@](O)(C(=O)O)[C@H](OC(=O)/C(O)=C(/O)[C@H](O)[C@H](O)CO)C(=O)O. The average molecular weight is 384 g/mol. The number of carbonyl (C=O) groups excluding carboxylic acids is 1. The summed E-state index contributed by atoms with van der Waals surface area (Å²) >= 11 is 0. The number of rotatable bonds is 10. The number of carboxylic acid groups (broad SMARTS) is 3. The first-order valence-corrected chi connectivity index (χ1v) is 6.50. The van der Waals surface area contributed by atoms with Gasteiger partial charge in [0.25, 0.3) is 0 Å². The van der Waals surface area contributed by atoms with Crippen molar-refractivity contribution in [1.82, 2.24) is 0 Å². The number of carboxylic acids is 3. The lowest BCUT2D eigenvalue weighted by Gasteiger charge is -2.27. The van der Waals surface area contributed by atoms with Crippen molar-refractivity contribution in [2.75, 3.05) is 6.61 Å². The van der Waals surface area contributed by atoms with E-state index in [1.807, 2.05) is 0 Å². The van der Waals surface area contributed by atoms with E-state index >= 15 is 0 Å². The van der Waals surface area contributed by atoms with E-state index in [9.17, 15) is 39.6 Å². The molecule has 0 spiro atoms. The van der Waals surface area contributed by atoms with Gasteiger partial charge in [0.1, 0.15) is 12.2 Å². The molecule has 14 nitrogen and oxygen atoms in total. The molecule has 0 saturated carbocycles. The quantitative estimate of drug-likeness (QED) is 0.0997. The Morgan fingerprint density at radius 3 is 1.81 bits per heavy atom. The van der Waals surface area contributed by atoms with E-state index < -0.39 is 72.3 Å². The predicted molar refractivity (Wildman–Crippen MR) is 73.7 cm³/mol. The molecule has 0 amide bonds. The Labute approximate surface area is 143 Å². The maximum absolute atomic E-state index is 11.6. The van der Waals surface area contributed by atoms with Gasteiger partial charge in [-0.3, -0.25) is 4.79 Å². The van der Waals surface area contributed by atoms with Crippen LogP contribution in [0.3, 0.4) is 0 Å². The minimum Gasteiger partial charge on any atom is -0.506 e. The van der Waals surface area contributed by atoms with E-state index in [2.05, 4.69) is 4.74 Å². The Hall–Kier alpha value is -2.94. The van der Waals surface area contributed by atoms with Crippen molar-refractivity contribution in [3.63, 3.8) is 0 Å². The van der Waals surface area contributed by atoms with Gasteiger partial charge in [-0.25, -0.2) is 14.4 Å². The molecule has 14 heteroatoms. The molecule has 0 aliphatic heterocycles. The molecule has 0 unspecified atom stereocenters. The van der Waals surface area contributed by atoms with Crippen LogP contribution in [-0.2, 0) is 23.9 Å². The average Bonchev–Trinajstić information content (AvgIpc) is 2.55. The van der Waals surface area contributed by atoms with Crippen LogP contribution in [0.15, 0.2) is 11.5 Å². The van der Waals surface area contributed by atoms with Gasteiger partial charge >= 0.3 is 23.9 Å². The van der Waals surface area contributed by atoms with Crippen LogP contribution in [0.25, 0.3) is 0 Å². The highest BCUT2D eigenvalue weighted by atomic mass is 16.6. The minimum absolute atomic E-state index is 1.12. The maximum Gasteiger partial charge on any atom is 0.378 e. The van der Waals surface area contributed by atoms with Gasteiger partial charge in [-0.2, -0.15) is 0 Å². The fourth-order valence-corrected chi connectivity index (χ4v) is 1.55. The zero-order valence-corrected chi connectivity index (χ0v) is 12.7. The standard InChI is InChI=1S/C12H16O14/c13-2-3(14)5(17)6(18)7(19)10(22)26-8(9(20)21)12(25,11(23)24)1-4(15)16/h3,5,8,13-14,17-19,25H,1-2H2,(H,15,16)(H,20,21)(H,23,24)/b7-6-/t3-,5-,8-,12+/m1/s1. The van der Waals surface area contributed by atoms with E-state index in [-0.39, 0.29) is 0 Å². The second-order valence-electron chi connectivity index (χ2n) is 4.85. The molecular weight excluding hydrogens is 368 g/mol. The van der Waals surface area contributed by atoms with E-state index in [1.54, 1.807) is 0 Å². The van der Waals surface area contributed by atoms with Gasteiger partial charge < -0.3 is 50.7 Å². The zero-order chi connectivity index (χ0) is 20.8. The smallest absolute Gasteiger partial charge is 0.378 e. The van der Waals surface area contributed by atoms with Crippen LogP contribution in [0.2, 0.25) is 0 Å². The monoisotopic (exact) mass is 384 g/mol. The Morgan fingerprint density at radius 1 is 0.962 bits per heavy atom. The summed E-state index contributed by atoms with van der Waals surface area (Å²) < 4.78 is 4.03. The van der Waals surface area contributed by atoms with Crippen LogP contribution >= 0.6 is 0 Å².